The summed E-state index contributed by atoms with van der Waals surface area (Å²) < 4.78 is 27.1. The van der Waals surface area contributed by atoms with Gasteiger partial charge in [0.2, 0.25) is 5.91 Å². The van der Waals surface area contributed by atoms with Gasteiger partial charge < -0.3 is 4.90 Å². The Bertz CT molecular complexity index is 852. The topological polar surface area (TPSA) is 23.6 Å². The maximum atomic E-state index is 13.8. The van der Waals surface area contributed by atoms with Crippen molar-refractivity contribution >= 4 is 23.3 Å². The first-order valence-electron chi connectivity index (χ1n) is 9.78. The molecule has 3 heterocycles. The van der Waals surface area contributed by atoms with Gasteiger partial charge in [-0.2, -0.15) is 11.3 Å². The summed E-state index contributed by atoms with van der Waals surface area (Å²) in [7, 11) is 0. The number of benzene rings is 1. The van der Waals surface area contributed by atoms with Crippen LogP contribution >= 0.6 is 11.3 Å². The Morgan fingerprint density at radius 1 is 1.21 bits per heavy atom. The first-order chi connectivity index (χ1) is 13.6. The number of rotatable bonds is 4. The molecule has 1 aromatic carbocycles. The molecule has 4 rings (SSSR count). The molecule has 0 radical (unpaired) electrons. The van der Waals surface area contributed by atoms with E-state index in [2.05, 4.69) is 21.7 Å². The van der Waals surface area contributed by atoms with Crippen molar-refractivity contribution in [2.75, 3.05) is 19.6 Å². The Morgan fingerprint density at radius 2 is 2.11 bits per heavy atom. The number of nitrogens with zero attached hydrogens (tertiary/aromatic N) is 2. The van der Waals surface area contributed by atoms with Gasteiger partial charge in [0, 0.05) is 43.9 Å². The van der Waals surface area contributed by atoms with Crippen molar-refractivity contribution < 1.29 is 13.6 Å². The van der Waals surface area contributed by atoms with Crippen LogP contribution in [0.2, 0.25) is 0 Å². The monoisotopic (exact) mass is 402 g/mol. The third-order valence-electron chi connectivity index (χ3n) is 5.81. The highest BCUT2D eigenvalue weighted by Crippen LogP contribution is 2.31. The van der Waals surface area contributed by atoms with Crippen LogP contribution in [-0.2, 0) is 11.3 Å². The van der Waals surface area contributed by atoms with Gasteiger partial charge in [-0.15, -0.1) is 0 Å². The zero-order valence-corrected chi connectivity index (χ0v) is 16.5. The summed E-state index contributed by atoms with van der Waals surface area (Å²) in [6, 6.07) is 6.41. The van der Waals surface area contributed by atoms with Gasteiger partial charge in [0.05, 0.1) is 0 Å². The van der Waals surface area contributed by atoms with E-state index in [-0.39, 0.29) is 17.5 Å². The molecule has 2 saturated heterocycles. The lowest BCUT2D eigenvalue weighted by Gasteiger charge is -2.47. The molecule has 28 heavy (non-hydrogen) atoms. The third-order valence-corrected chi connectivity index (χ3v) is 6.54. The van der Waals surface area contributed by atoms with Crippen molar-refractivity contribution in [3.63, 3.8) is 0 Å². The highest BCUT2D eigenvalue weighted by molar-refractivity contribution is 7.07. The van der Waals surface area contributed by atoms with Crippen molar-refractivity contribution in [3.8, 4) is 0 Å². The molecule has 2 fully saturated rings. The van der Waals surface area contributed by atoms with Crippen LogP contribution in [0.1, 0.15) is 30.4 Å². The summed E-state index contributed by atoms with van der Waals surface area (Å²) in [5.74, 6) is -1.44. The molecule has 2 aliphatic heterocycles. The molecule has 2 atom stereocenters. The predicted octanol–water partition coefficient (Wildman–Crippen LogP) is 4.55. The minimum Gasteiger partial charge on any atom is -0.336 e. The molecule has 0 unspecified atom stereocenters. The van der Waals surface area contributed by atoms with Crippen LogP contribution in [0.25, 0.3) is 6.08 Å². The van der Waals surface area contributed by atoms with Gasteiger partial charge in [0.25, 0.3) is 0 Å². The summed E-state index contributed by atoms with van der Waals surface area (Å²) in [5, 5.41) is 4.30. The van der Waals surface area contributed by atoms with E-state index >= 15 is 0 Å². The van der Waals surface area contributed by atoms with Gasteiger partial charge >= 0.3 is 0 Å². The second kappa shape index (κ2) is 8.53. The van der Waals surface area contributed by atoms with Crippen molar-refractivity contribution in [1.29, 1.82) is 0 Å². The van der Waals surface area contributed by atoms with E-state index < -0.39 is 11.6 Å². The number of fused-ring (bicyclic) bond motifs is 1. The van der Waals surface area contributed by atoms with Crippen LogP contribution in [0.5, 0.6) is 0 Å². The Balaban J connectivity index is 1.40. The lowest BCUT2D eigenvalue weighted by Crippen LogP contribution is -2.55. The summed E-state index contributed by atoms with van der Waals surface area (Å²) in [6.07, 6.45) is 5.86. The van der Waals surface area contributed by atoms with Crippen molar-refractivity contribution in [2.24, 2.45) is 5.92 Å². The lowest BCUT2D eigenvalue weighted by molar-refractivity contribution is -0.133. The Morgan fingerprint density at radius 3 is 2.93 bits per heavy atom. The normalized spacial score (nSPS) is 23.1. The van der Waals surface area contributed by atoms with Gasteiger partial charge in [-0.1, -0.05) is 12.1 Å². The molecule has 1 amide bonds. The highest BCUT2D eigenvalue weighted by atomic mass is 32.1. The van der Waals surface area contributed by atoms with Gasteiger partial charge in [-0.25, -0.2) is 8.78 Å². The molecule has 0 spiro atoms. The van der Waals surface area contributed by atoms with Gasteiger partial charge in [0.1, 0.15) is 0 Å². The first kappa shape index (κ1) is 19.3. The minimum atomic E-state index is -0.912. The zero-order valence-electron chi connectivity index (χ0n) is 15.7. The van der Waals surface area contributed by atoms with Crippen molar-refractivity contribution in [2.45, 2.75) is 31.8 Å². The quantitative estimate of drug-likeness (QED) is 0.701. The number of thiophene rings is 1. The largest absolute Gasteiger partial charge is 0.336 e. The van der Waals surface area contributed by atoms with Crippen molar-refractivity contribution in [3.05, 3.63) is 63.9 Å². The van der Waals surface area contributed by atoms with Crippen LogP contribution in [0.4, 0.5) is 8.78 Å². The van der Waals surface area contributed by atoms with E-state index in [1.54, 1.807) is 11.3 Å². The van der Waals surface area contributed by atoms with Gasteiger partial charge in [-0.05, 0) is 59.7 Å². The Labute approximate surface area is 168 Å². The second-order valence-corrected chi connectivity index (χ2v) is 8.41. The summed E-state index contributed by atoms with van der Waals surface area (Å²) in [5.41, 5.74) is 1.46. The number of amides is 1. The Hall–Kier alpha value is -2.05. The number of carbonyl (C=O) groups is 1. The molecule has 2 aromatic rings. The van der Waals surface area contributed by atoms with Crippen LogP contribution in [0, 0.1) is 17.6 Å². The SMILES string of the molecule is O=C(C=Cc1cccc(F)c1F)N1CCC[C@@H]2CN(Cc3ccsc3)CC[C@H]21. The standard InChI is InChI=1S/C22H24F2N2OS/c23-19-5-1-3-17(22(19)24)6-7-21(27)26-10-2-4-18-14-25(11-8-20(18)26)13-16-9-12-28-15-16/h1,3,5-7,9,12,15,18,20H,2,4,8,10-11,13-14H2/t18-,20-/m1/s1. The number of carbonyl (C=O) groups excluding carboxylic acids is 1. The Kier molecular flexibility index (Phi) is 5.87. The fourth-order valence-corrected chi connectivity index (χ4v) is 5.10. The number of halogens is 2. The summed E-state index contributed by atoms with van der Waals surface area (Å²) in [6.45, 7) is 3.69. The number of likely N-dealkylation sites (tertiary alicyclic amines) is 2. The van der Waals surface area contributed by atoms with Crippen LogP contribution in [-0.4, -0.2) is 41.4 Å². The highest BCUT2D eigenvalue weighted by Gasteiger charge is 2.37. The lowest BCUT2D eigenvalue weighted by atomic mass is 9.83. The molecule has 0 N–H and O–H groups in total. The van der Waals surface area contributed by atoms with Crippen molar-refractivity contribution in [1.82, 2.24) is 9.80 Å². The average Bonchev–Trinajstić information content (AvgIpc) is 3.21. The molecule has 0 bridgehead atoms. The first-order valence-corrected chi connectivity index (χ1v) is 10.7. The average molecular weight is 403 g/mol. The van der Waals surface area contributed by atoms with E-state index in [0.717, 1.165) is 51.5 Å². The third kappa shape index (κ3) is 4.18. The second-order valence-electron chi connectivity index (χ2n) is 7.63. The van der Waals surface area contributed by atoms with Crippen LogP contribution < -0.4 is 0 Å². The molecule has 1 aromatic heterocycles. The summed E-state index contributed by atoms with van der Waals surface area (Å²) in [4.78, 5) is 17.2. The van der Waals surface area contributed by atoms with Gasteiger partial charge in [-0.3, -0.25) is 9.69 Å². The molecule has 148 valence electrons. The molecule has 2 aliphatic rings. The fraction of sp³-hybridized carbons (Fsp3) is 0.409. The van der Waals surface area contributed by atoms with E-state index in [0.29, 0.717) is 5.92 Å². The van der Waals surface area contributed by atoms with Crippen LogP contribution in [0.3, 0.4) is 0 Å². The smallest absolute Gasteiger partial charge is 0.246 e. The maximum absolute atomic E-state index is 13.8. The molecular weight excluding hydrogens is 378 g/mol. The molecule has 6 heteroatoms. The molecule has 3 nitrogen and oxygen atoms in total. The van der Waals surface area contributed by atoms with Crippen LogP contribution in [0.15, 0.2) is 41.1 Å². The molecular formula is C22H24F2N2OS. The summed E-state index contributed by atoms with van der Waals surface area (Å²) >= 11 is 1.72. The van der Waals surface area contributed by atoms with Gasteiger partial charge in [0.15, 0.2) is 11.6 Å². The zero-order chi connectivity index (χ0) is 19.5. The fourth-order valence-electron chi connectivity index (χ4n) is 4.44. The van der Waals surface area contributed by atoms with E-state index in [1.807, 2.05) is 4.90 Å². The predicted molar refractivity (Wildman–Crippen MR) is 108 cm³/mol. The van der Waals surface area contributed by atoms with E-state index in [9.17, 15) is 13.6 Å². The number of hydrogen-bond acceptors (Lipinski definition) is 3. The molecule has 0 saturated carbocycles. The van der Waals surface area contributed by atoms with E-state index in [1.165, 1.54) is 29.8 Å². The number of piperidine rings is 2. The maximum Gasteiger partial charge on any atom is 0.246 e. The van der Waals surface area contributed by atoms with E-state index in [4.69, 9.17) is 0 Å². The number of hydrogen-bond donors (Lipinski definition) is 0. The molecule has 0 aliphatic carbocycles. The minimum absolute atomic E-state index is 0.104.